The lowest BCUT2D eigenvalue weighted by atomic mass is 10.0. The molecule has 0 radical (unpaired) electrons. The molecule has 0 bridgehead atoms. The minimum atomic E-state index is -1.20. The van der Waals surface area contributed by atoms with Crippen molar-refractivity contribution in [1.29, 1.82) is 5.26 Å². The van der Waals surface area contributed by atoms with Crippen LogP contribution in [0.25, 0.3) is 16.8 Å². The standard InChI is InChI=1S/C28H17BrN2O5/c29-23-15-17(14-19(16-30)26(32)31-24-11-4-3-9-22(24)27(33)34)12-13-25(23)36-28(35)21-10-5-7-18-6-1-2-8-20(18)21/h1-15H,(H,31,32)(H,33,34)/b19-14+. The number of nitrogens with one attached hydrogen (secondary N) is 1. The van der Waals surface area contributed by atoms with E-state index in [0.29, 0.717) is 15.6 Å². The Bertz CT molecular complexity index is 1580. The predicted octanol–water partition coefficient (Wildman–Crippen LogP) is 6.07. The molecule has 0 fully saturated rings. The van der Waals surface area contributed by atoms with Crippen LogP contribution >= 0.6 is 15.9 Å². The van der Waals surface area contributed by atoms with Crippen molar-refractivity contribution < 1.29 is 24.2 Å². The smallest absolute Gasteiger partial charge is 0.344 e. The van der Waals surface area contributed by atoms with Crippen molar-refractivity contribution >= 4 is 56.3 Å². The van der Waals surface area contributed by atoms with Gasteiger partial charge in [0.25, 0.3) is 5.91 Å². The number of anilines is 1. The number of hydrogen-bond acceptors (Lipinski definition) is 5. The molecule has 1 amide bonds. The summed E-state index contributed by atoms with van der Waals surface area (Å²) in [6.45, 7) is 0. The number of aromatic carboxylic acids is 1. The molecule has 0 unspecified atom stereocenters. The molecule has 36 heavy (non-hydrogen) atoms. The van der Waals surface area contributed by atoms with E-state index in [1.165, 1.54) is 24.3 Å². The highest BCUT2D eigenvalue weighted by molar-refractivity contribution is 9.10. The van der Waals surface area contributed by atoms with E-state index < -0.39 is 17.8 Å². The number of carbonyl (C=O) groups is 3. The Balaban J connectivity index is 1.54. The molecule has 2 N–H and O–H groups in total. The number of halogens is 1. The predicted molar refractivity (Wildman–Crippen MR) is 139 cm³/mol. The van der Waals surface area contributed by atoms with E-state index in [-0.39, 0.29) is 22.6 Å². The number of nitriles is 1. The van der Waals surface area contributed by atoms with Gasteiger partial charge >= 0.3 is 11.9 Å². The summed E-state index contributed by atoms with van der Waals surface area (Å²) in [5, 5.41) is 22.9. The lowest BCUT2D eigenvalue weighted by Gasteiger charge is -2.10. The first-order chi connectivity index (χ1) is 17.4. The Morgan fingerprint density at radius 3 is 2.36 bits per heavy atom. The van der Waals surface area contributed by atoms with Crippen LogP contribution in [0.3, 0.4) is 0 Å². The van der Waals surface area contributed by atoms with Crippen molar-refractivity contribution in [3.8, 4) is 11.8 Å². The van der Waals surface area contributed by atoms with Crippen LogP contribution in [0, 0.1) is 11.3 Å². The minimum Gasteiger partial charge on any atom is -0.478 e. The Labute approximate surface area is 214 Å². The van der Waals surface area contributed by atoms with E-state index in [0.717, 1.165) is 10.8 Å². The highest BCUT2D eigenvalue weighted by Gasteiger charge is 2.16. The van der Waals surface area contributed by atoms with Crippen LogP contribution in [-0.4, -0.2) is 23.0 Å². The third-order valence-corrected chi connectivity index (χ3v) is 5.87. The number of esters is 1. The van der Waals surface area contributed by atoms with Crippen LogP contribution in [-0.2, 0) is 4.79 Å². The van der Waals surface area contributed by atoms with Crippen LogP contribution in [0.5, 0.6) is 5.75 Å². The normalized spacial score (nSPS) is 10.9. The van der Waals surface area contributed by atoms with Gasteiger partial charge in [-0.2, -0.15) is 5.26 Å². The number of hydrogen-bond donors (Lipinski definition) is 2. The van der Waals surface area contributed by atoms with E-state index in [1.54, 1.807) is 36.4 Å². The van der Waals surface area contributed by atoms with E-state index in [4.69, 9.17) is 4.74 Å². The number of carboxylic acid groups (broad SMARTS) is 1. The quantitative estimate of drug-likeness (QED) is 0.133. The van der Waals surface area contributed by atoms with Gasteiger partial charge < -0.3 is 15.2 Å². The molecule has 0 aromatic heterocycles. The highest BCUT2D eigenvalue weighted by Crippen LogP contribution is 2.29. The third kappa shape index (κ3) is 5.32. The molecular weight excluding hydrogens is 524 g/mol. The molecule has 8 heteroatoms. The number of rotatable bonds is 6. The molecular formula is C28H17BrN2O5. The van der Waals surface area contributed by atoms with Gasteiger partial charge in [-0.25, -0.2) is 9.59 Å². The second-order valence-corrected chi connectivity index (χ2v) is 8.44. The maximum Gasteiger partial charge on any atom is 0.344 e. The van der Waals surface area contributed by atoms with Crippen LogP contribution in [0.4, 0.5) is 5.69 Å². The SMILES string of the molecule is N#C/C(=C\c1ccc(OC(=O)c2cccc3ccccc23)c(Br)c1)C(=O)Nc1ccccc1C(=O)O. The summed E-state index contributed by atoms with van der Waals surface area (Å²) in [6.07, 6.45) is 1.35. The molecule has 4 aromatic rings. The number of fused-ring (bicyclic) bond motifs is 1. The van der Waals surface area contributed by atoms with E-state index in [1.807, 2.05) is 36.4 Å². The second kappa shape index (κ2) is 10.7. The first-order valence-electron chi connectivity index (χ1n) is 10.6. The van der Waals surface area contributed by atoms with Crippen molar-refractivity contribution in [2.75, 3.05) is 5.32 Å². The lowest BCUT2D eigenvalue weighted by molar-refractivity contribution is -0.112. The highest BCUT2D eigenvalue weighted by atomic mass is 79.9. The van der Waals surface area contributed by atoms with Crippen molar-refractivity contribution in [3.63, 3.8) is 0 Å². The maximum absolute atomic E-state index is 12.8. The zero-order valence-corrected chi connectivity index (χ0v) is 20.2. The van der Waals surface area contributed by atoms with Crippen LogP contribution in [0.15, 0.2) is 95.0 Å². The van der Waals surface area contributed by atoms with Gasteiger partial charge in [0, 0.05) is 0 Å². The van der Waals surface area contributed by atoms with Gasteiger partial charge in [-0.3, -0.25) is 4.79 Å². The van der Waals surface area contributed by atoms with Gasteiger partial charge in [-0.1, -0.05) is 54.6 Å². The summed E-state index contributed by atoms with van der Waals surface area (Å²) in [4.78, 5) is 36.8. The molecule has 0 aliphatic carbocycles. The van der Waals surface area contributed by atoms with Crippen molar-refractivity contribution in [3.05, 3.63) is 112 Å². The fourth-order valence-electron chi connectivity index (χ4n) is 3.53. The van der Waals surface area contributed by atoms with Gasteiger partial charge in [-0.15, -0.1) is 0 Å². The summed E-state index contributed by atoms with van der Waals surface area (Å²) >= 11 is 3.37. The van der Waals surface area contributed by atoms with Gasteiger partial charge in [0.1, 0.15) is 17.4 Å². The number of benzene rings is 4. The third-order valence-electron chi connectivity index (χ3n) is 5.25. The summed E-state index contributed by atoms with van der Waals surface area (Å²) in [6, 6.07) is 25.3. The van der Waals surface area contributed by atoms with Gasteiger partial charge in [0.15, 0.2) is 0 Å². The van der Waals surface area contributed by atoms with Crippen LogP contribution in [0.1, 0.15) is 26.3 Å². The average molecular weight is 541 g/mol. The molecule has 0 heterocycles. The van der Waals surface area contributed by atoms with Gasteiger partial charge in [-0.05, 0) is 68.7 Å². The van der Waals surface area contributed by atoms with E-state index in [9.17, 15) is 24.8 Å². The topological polar surface area (TPSA) is 116 Å². The number of carbonyl (C=O) groups excluding carboxylic acids is 2. The van der Waals surface area contributed by atoms with Crippen molar-refractivity contribution in [2.45, 2.75) is 0 Å². The molecule has 0 aliphatic heterocycles. The number of nitrogens with zero attached hydrogens (tertiary/aromatic N) is 1. The molecule has 0 aliphatic rings. The molecule has 0 atom stereocenters. The Hall–Kier alpha value is -4.74. The fraction of sp³-hybridized carbons (Fsp3) is 0. The van der Waals surface area contributed by atoms with E-state index >= 15 is 0 Å². The first kappa shape index (κ1) is 24.4. The molecule has 0 spiro atoms. The average Bonchev–Trinajstić information content (AvgIpc) is 2.88. The van der Waals surface area contributed by atoms with Crippen molar-refractivity contribution in [1.82, 2.24) is 0 Å². The minimum absolute atomic E-state index is 0.0769. The molecule has 0 saturated heterocycles. The summed E-state index contributed by atoms with van der Waals surface area (Å²) in [5.74, 6) is -2.21. The zero-order chi connectivity index (χ0) is 25.7. The number of amides is 1. The largest absolute Gasteiger partial charge is 0.478 e. The molecule has 7 nitrogen and oxygen atoms in total. The summed E-state index contributed by atoms with van der Waals surface area (Å²) in [7, 11) is 0. The van der Waals surface area contributed by atoms with Gasteiger partial charge in [0.2, 0.25) is 0 Å². The number of ether oxygens (including phenoxy) is 1. The lowest BCUT2D eigenvalue weighted by Crippen LogP contribution is -2.16. The monoisotopic (exact) mass is 540 g/mol. The Morgan fingerprint density at radius 2 is 1.61 bits per heavy atom. The van der Waals surface area contributed by atoms with E-state index in [2.05, 4.69) is 21.2 Å². The van der Waals surface area contributed by atoms with Crippen LogP contribution in [0.2, 0.25) is 0 Å². The Morgan fingerprint density at radius 1 is 0.917 bits per heavy atom. The number of para-hydroxylation sites is 1. The molecule has 176 valence electrons. The Kier molecular flexibility index (Phi) is 7.23. The summed E-state index contributed by atoms with van der Waals surface area (Å²) < 4.78 is 6.02. The van der Waals surface area contributed by atoms with Crippen molar-refractivity contribution in [2.24, 2.45) is 0 Å². The van der Waals surface area contributed by atoms with Gasteiger partial charge in [0.05, 0.1) is 21.3 Å². The number of carboxylic acids is 1. The molecule has 4 aromatic carbocycles. The second-order valence-electron chi connectivity index (χ2n) is 7.58. The fourth-order valence-corrected chi connectivity index (χ4v) is 4.01. The molecule has 0 saturated carbocycles. The zero-order valence-electron chi connectivity index (χ0n) is 18.6. The van der Waals surface area contributed by atoms with Crippen LogP contribution < -0.4 is 10.1 Å². The molecule has 4 rings (SSSR count). The summed E-state index contributed by atoms with van der Waals surface area (Å²) in [5.41, 5.74) is 0.665. The maximum atomic E-state index is 12.8. The first-order valence-corrected chi connectivity index (χ1v) is 11.4.